The summed E-state index contributed by atoms with van der Waals surface area (Å²) in [6.07, 6.45) is -4.00. The number of carbonyl (C=O) groups is 1. The molecule has 0 bridgehead atoms. The number of halogens is 4. The zero-order chi connectivity index (χ0) is 27.0. The molecule has 0 fully saturated rings. The van der Waals surface area contributed by atoms with E-state index in [9.17, 15) is 18.0 Å². The number of carboxylic acids is 1. The number of rotatable bonds is 12. The summed E-state index contributed by atoms with van der Waals surface area (Å²) in [6.45, 7) is 5.35. The summed E-state index contributed by atoms with van der Waals surface area (Å²) in [4.78, 5) is 13.1. The third-order valence-corrected chi connectivity index (χ3v) is 6.76. The zero-order valence-electron chi connectivity index (χ0n) is 20.8. The molecule has 8 heteroatoms. The fourth-order valence-corrected chi connectivity index (χ4v) is 4.52. The molecule has 0 aliphatic heterocycles. The van der Waals surface area contributed by atoms with Crippen molar-refractivity contribution in [2.24, 2.45) is 0 Å². The molecule has 0 amide bonds. The molecular weight excluding hydrogens is 503 g/mol. The molecular formula is C29H31ClF3NO3. The van der Waals surface area contributed by atoms with Crippen LogP contribution < -0.4 is 4.74 Å². The number of hydrogen-bond donors (Lipinski definition) is 1. The van der Waals surface area contributed by atoms with Gasteiger partial charge in [0, 0.05) is 19.1 Å². The van der Waals surface area contributed by atoms with E-state index in [0.717, 1.165) is 11.6 Å². The first kappa shape index (κ1) is 28.5. The Morgan fingerprint density at radius 3 is 2.41 bits per heavy atom. The lowest BCUT2D eigenvalue weighted by Gasteiger charge is -2.32. The Morgan fingerprint density at radius 1 is 1.03 bits per heavy atom. The van der Waals surface area contributed by atoms with Gasteiger partial charge < -0.3 is 9.84 Å². The van der Waals surface area contributed by atoms with Crippen LogP contribution in [0, 0.1) is 0 Å². The van der Waals surface area contributed by atoms with E-state index < -0.39 is 17.7 Å². The van der Waals surface area contributed by atoms with Crippen molar-refractivity contribution in [1.29, 1.82) is 0 Å². The van der Waals surface area contributed by atoms with Crippen molar-refractivity contribution >= 4 is 17.6 Å². The lowest BCUT2D eigenvalue weighted by Crippen LogP contribution is -2.36. The van der Waals surface area contributed by atoms with E-state index in [1.807, 2.05) is 37.3 Å². The molecule has 0 unspecified atom stereocenters. The van der Waals surface area contributed by atoms with E-state index in [0.29, 0.717) is 36.4 Å². The molecule has 3 aromatic rings. The van der Waals surface area contributed by atoms with E-state index in [4.69, 9.17) is 21.4 Å². The van der Waals surface area contributed by atoms with Crippen LogP contribution >= 0.6 is 11.6 Å². The molecule has 0 saturated carbocycles. The van der Waals surface area contributed by atoms with Crippen LogP contribution in [0.25, 0.3) is 0 Å². The van der Waals surface area contributed by atoms with Crippen LogP contribution in [0.5, 0.6) is 5.75 Å². The molecule has 0 heterocycles. The molecule has 3 rings (SSSR count). The van der Waals surface area contributed by atoms with Crippen LogP contribution in [-0.2, 0) is 23.9 Å². The molecule has 0 aliphatic rings. The Hall–Kier alpha value is -3.03. The van der Waals surface area contributed by atoms with Crippen LogP contribution in [0.4, 0.5) is 13.2 Å². The van der Waals surface area contributed by atoms with Crippen LogP contribution in [0.3, 0.4) is 0 Å². The average Bonchev–Trinajstić information content (AvgIpc) is 2.84. The van der Waals surface area contributed by atoms with Crippen molar-refractivity contribution in [3.63, 3.8) is 0 Å². The molecule has 0 spiro atoms. The second kappa shape index (κ2) is 13.0. The van der Waals surface area contributed by atoms with Gasteiger partial charge >= 0.3 is 12.1 Å². The summed E-state index contributed by atoms with van der Waals surface area (Å²) in [7, 11) is 0. The summed E-state index contributed by atoms with van der Waals surface area (Å²) >= 11 is 6.22. The van der Waals surface area contributed by atoms with Crippen molar-refractivity contribution in [3.8, 4) is 5.75 Å². The van der Waals surface area contributed by atoms with Gasteiger partial charge in [0.1, 0.15) is 5.75 Å². The lowest BCUT2D eigenvalue weighted by atomic mass is 9.99. The average molecular weight is 534 g/mol. The molecule has 1 N–H and O–H groups in total. The summed E-state index contributed by atoms with van der Waals surface area (Å²) in [5.74, 6) is -0.194. The predicted molar refractivity (Wildman–Crippen MR) is 139 cm³/mol. The van der Waals surface area contributed by atoms with Gasteiger partial charge in [0.2, 0.25) is 0 Å². The van der Waals surface area contributed by atoms with Gasteiger partial charge in [-0.25, -0.2) is 0 Å². The van der Waals surface area contributed by atoms with Crippen molar-refractivity contribution < 1.29 is 27.8 Å². The van der Waals surface area contributed by atoms with Gasteiger partial charge in [0.15, 0.2) is 0 Å². The first-order chi connectivity index (χ1) is 17.5. The number of ether oxygens (including phenoxy) is 1. The summed E-state index contributed by atoms with van der Waals surface area (Å²) < 4.78 is 46.2. The normalized spacial score (nSPS) is 13.4. The Balaban J connectivity index is 1.74. The van der Waals surface area contributed by atoms with Gasteiger partial charge in [0.25, 0.3) is 0 Å². The molecule has 4 nitrogen and oxygen atoms in total. The summed E-state index contributed by atoms with van der Waals surface area (Å²) in [5.41, 5.74) is 1.38. The van der Waals surface area contributed by atoms with Gasteiger partial charge in [0.05, 0.1) is 23.6 Å². The molecule has 198 valence electrons. The van der Waals surface area contributed by atoms with Crippen LogP contribution in [0.2, 0.25) is 5.02 Å². The predicted octanol–water partition coefficient (Wildman–Crippen LogP) is 7.45. The van der Waals surface area contributed by atoms with Crippen molar-refractivity contribution in [2.75, 3.05) is 13.2 Å². The summed E-state index contributed by atoms with van der Waals surface area (Å²) in [5, 5.41) is 8.73. The van der Waals surface area contributed by atoms with E-state index in [1.54, 1.807) is 30.3 Å². The smallest absolute Gasteiger partial charge is 0.417 e. The van der Waals surface area contributed by atoms with Crippen molar-refractivity contribution in [3.05, 3.63) is 100 Å². The third-order valence-electron chi connectivity index (χ3n) is 6.32. The maximum absolute atomic E-state index is 13.4. The van der Waals surface area contributed by atoms with Gasteiger partial charge in [-0.05, 0) is 54.2 Å². The largest absolute Gasteiger partial charge is 0.494 e. The number of aliphatic carboxylic acids is 1. The Bertz CT molecular complexity index is 1170. The number of benzene rings is 3. The van der Waals surface area contributed by atoms with E-state index in [2.05, 4.69) is 11.8 Å². The Morgan fingerprint density at radius 2 is 1.73 bits per heavy atom. The summed E-state index contributed by atoms with van der Waals surface area (Å²) in [6, 6.07) is 20.9. The van der Waals surface area contributed by atoms with Crippen molar-refractivity contribution in [1.82, 2.24) is 4.90 Å². The quantitative estimate of drug-likeness (QED) is 0.263. The highest BCUT2D eigenvalue weighted by atomic mass is 35.5. The fourth-order valence-electron chi connectivity index (χ4n) is 4.23. The first-order valence-electron chi connectivity index (χ1n) is 12.1. The van der Waals surface area contributed by atoms with Gasteiger partial charge in [-0.15, -0.1) is 0 Å². The molecule has 0 saturated heterocycles. The SMILES string of the molecule is C[C@H](CN(Cc1cccc(C(F)(F)F)c1Cl)[C@@H](C)CCOc1cccc(CC(=O)O)c1)c1ccccc1. The Labute approximate surface area is 220 Å². The number of carboxylic acid groups (broad SMARTS) is 1. The van der Waals surface area contributed by atoms with E-state index in [1.165, 1.54) is 6.07 Å². The molecule has 3 aromatic carbocycles. The van der Waals surface area contributed by atoms with Gasteiger partial charge in [-0.3, -0.25) is 9.69 Å². The number of alkyl halides is 3. The minimum Gasteiger partial charge on any atom is -0.494 e. The fraction of sp³-hybridized carbons (Fsp3) is 0.345. The van der Waals surface area contributed by atoms with Crippen LogP contribution in [0.1, 0.15) is 48.4 Å². The number of hydrogen-bond acceptors (Lipinski definition) is 3. The monoisotopic (exact) mass is 533 g/mol. The third kappa shape index (κ3) is 8.51. The van der Waals surface area contributed by atoms with Gasteiger partial charge in [-0.1, -0.05) is 73.1 Å². The highest BCUT2D eigenvalue weighted by Crippen LogP contribution is 2.37. The Kier molecular flexibility index (Phi) is 10.0. The minimum atomic E-state index is -4.52. The first-order valence-corrected chi connectivity index (χ1v) is 12.5. The molecule has 0 aliphatic carbocycles. The molecule has 37 heavy (non-hydrogen) atoms. The maximum Gasteiger partial charge on any atom is 0.417 e. The van der Waals surface area contributed by atoms with Crippen LogP contribution in [-0.4, -0.2) is 35.2 Å². The minimum absolute atomic E-state index is 0.0287. The van der Waals surface area contributed by atoms with Gasteiger partial charge in [-0.2, -0.15) is 13.2 Å². The molecule has 2 atom stereocenters. The second-order valence-electron chi connectivity index (χ2n) is 9.22. The van der Waals surface area contributed by atoms with E-state index in [-0.39, 0.29) is 29.9 Å². The van der Waals surface area contributed by atoms with Crippen molar-refractivity contribution in [2.45, 2.75) is 51.4 Å². The van der Waals surface area contributed by atoms with E-state index >= 15 is 0 Å². The second-order valence-corrected chi connectivity index (χ2v) is 9.60. The number of nitrogens with zero attached hydrogens (tertiary/aromatic N) is 1. The standard InChI is InChI=1S/C29H31ClF3NO3/c1-20(23-9-4-3-5-10-23)18-34(19-24-11-7-13-26(28(24)30)29(31,32)33)21(2)14-15-37-25-12-6-8-22(16-25)17-27(35)36/h3-13,16,20-21H,14-15,17-19H2,1-2H3,(H,35,36)/t20-,21+/m1/s1. The van der Waals surface area contributed by atoms with Crippen LogP contribution in [0.15, 0.2) is 72.8 Å². The highest BCUT2D eigenvalue weighted by Gasteiger charge is 2.34. The highest BCUT2D eigenvalue weighted by molar-refractivity contribution is 6.32. The lowest BCUT2D eigenvalue weighted by molar-refractivity contribution is -0.138. The zero-order valence-corrected chi connectivity index (χ0v) is 21.6. The molecule has 0 radical (unpaired) electrons. The maximum atomic E-state index is 13.4. The molecule has 0 aromatic heterocycles. The topological polar surface area (TPSA) is 49.8 Å².